The Morgan fingerprint density at radius 3 is 2.62 bits per heavy atom. The molecule has 6 nitrogen and oxygen atoms in total. The number of para-hydroxylation sites is 1. The second-order valence-electron chi connectivity index (χ2n) is 6.14. The first kappa shape index (κ1) is 19.6. The summed E-state index contributed by atoms with van der Waals surface area (Å²) in [7, 11) is 0. The van der Waals surface area contributed by atoms with Crippen molar-refractivity contribution in [3.63, 3.8) is 0 Å². The maximum Gasteiger partial charge on any atom is 0.335 e. The van der Waals surface area contributed by atoms with E-state index in [2.05, 4.69) is 5.32 Å². The summed E-state index contributed by atoms with van der Waals surface area (Å²) in [5.41, 5.74) is 1.18. The molecule has 0 aliphatic carbocycles. The van der Waals surface area contributed by atoms with E-state index in [1.165, 1.54) is 36.4 Å². The molecule has 0 spiro atoms. The van der Waals surface area contributed by atoms with Crippen molar-refractivity contribution in [1.29, 1.82) is 5.26 Å². The summed E-state index contributed by atoms with van der Waals surface area (Å²) >= 11 is 0. The Balaban J connectivity index is 1.87. The predicted octanol–water partition coefficient (Wildman–Crippen LogP) is 4.64. The zero-order chi connectivity index (χ0) is 21.0. The molecule has 0 aliphatic heterocycles. The van der Waals surface area contributed by atoms with Gasteiger partial charge in [-0.3, -0.25) is 4.79 Å². The van der Waals surface area contributed by atoms with Crippen molar-refractivity contribution in [2.75, 3.05) is 5.32 Å². The minimum Gasteiger partial charge on any atom is -0.478 e. The average molecular weight is 390 g/mol. The summed E-state index contributed by atoms with van der Waals surface area (Å²) in [6.45, 7) is 1.81. The first-order valence-electron chi connectivity index (χ1n) is 8.51. The fraction of sp³-hybridized carbons (Fsp3) is 0.0455. The van der Waals surface area contributed by atoms with Gasteiger partial charge in [-0.2, -0.15) is 5.26 Å². The van der Waals surface area contributed by atoms with Gasteiger partial charge in [0.2, 0.25) is 0 Å². The molecule has 1 aromatic heterocycles. The molecular formula is C22H15FN2O4. The van der Waals surface area contributed by atoms with E-state index < -0.39 is 17.7 Å². The number of amides is 1. The number of benzene rings is 2. The molecule has 29 heavy (non-hydrogen) atoms. The lowest BCUT2D eigenvalue weighted by atomic mass is 10.0. The number of carboxylic acid groups (broad SMARTS) is 1. The van der Waals surface area contributed by atoms with Crippen LogP contribution < -0.4 is 5.32 Å². The van der Waals surface area contributed by atoms with Gasteiger partial charge in [-0.1, -0.05) is 18.2 Å². The lowest BCUT2D eigenvalue weighted by Gasteiger charge is -2.05. The van der Waals surface area contributed by atoms with Crippen molar-refractivity contribution in [1.82, 2.24) is 0 Å². The molecule has 3 aromatic rings. The number of hydrogen-bond acceptors (Lipinski definition) is 4. The van der Waals surface area contributed by atoms with Crippen molar-refractivity contribution in [2.45, 2.75) is 6.92 Å². The Morgan fingerprint density at radius 1 is 1.17 bits per heavy atom. The zero-order valence-corrected chi connectivity index (χ0v) is 15.3. The second-order valence-corrected chi connectivity index (χ2v) is 6.14. The number of nitrogens with one attached hydrogen (secondary N) is 1. The summed E-state index contributed by atoms with van der Waals surface area (Å²) in [6.07, 6.45) is 1.23. The van der Waals surface area contributed by atoms with E-state index in [-0.39, 0.29) is 22.6 Å². The number of halogens is 1. The summed E-state index contributed by atoms with van der Waals surface area (Å²) in [6, 6.07) is 15.2. The van der Waals surface area contributed by atoms with Crippen LogP contribution in [0.4, 0.5) is 10.1 Å². The number of carbonyl (C=O) groups excluding carboxylic acids is 1. The van der Waals surface area contributed by atoms with E-state index in [1.807, 2.05) is 6.92 Å². The number of hydrogen-bond donors (Lipinski definition) is 2. The largest absolute Gasteiger partial charge is 0.478 e. The van der Waals surface area contributed by atoms with Crippen LogP contribution in [0.5, 0.6) is 0 Å². The molecule has 1 heterocycles. The molecule has 0 fully saturated rings. The van der Waals surface area contributed by atoms with Crippen molar-refractivity contribution >= 4 is 23.6 Å². The van der Waals surface area contributed by atoms with Crippen LogP contribution in [-0.4, -0.2) is 17.0 Å². The molecule has 0 aliphatic rings. The molecule has 7 heteroatoms. The fourth-order valence-corrected chi connectivity index (χ4v) is 2.64. The molecule has 0 unspecified atom stereocenters. The number of rotatable bonds is 5. The molecular weight excluding hydrogens is 375 g/mol. The van der Waals surface area contributed by atoms with Gasteiger partial charge in [0, 0.05) is 11.6 Å². The van der Waals surface area contributed by atoms with E-state index in [1.54, 1.807) is 30.3 Å². The number of aromatic carboxylic acids is 1. The van der Waals surface area contributed by atoms with E-state index in [9.17, 15) is 19.2 Å². The van der Waals surface area contributed by atoms with Gasteiger partial charge in [0.15, 0.2) is 0 Å². The summed E-state index contributed by atoms with van der Waals surface area (Å²) < 4.78 is 19.4. The lowest BCUT2D eigenvalue weighted by Crippen LogP contribution is -2.14. The highest BCUT2D eigenvalue weighted by molar-refractivity contribution is 6.09. The molecule has 1 amide bonds. The van der Waals surface area contributed by atoms with Gasteiger partial charge in [0.05, 0.1) is 11.3 Å². The minimum atomic E-state index is -1.06. The van der Waals surface area contributed by atoms with E-state index in [0.717, 1.165) is 5.56 Å². The van der Waals surface area contributed by atoms with Crippen LogP contribution in [0.3, 0.4) is 0 Å². The second kappa shape index (κ2) is 8.23. The Labute approximate surface area is 165 Å². The molecule has 0 bridgehead atoms. The van der Waals surface area contributed by atoms with Gasteiger partial charge < -0.3 is 14.8 Å². The maximum atomic E-state index is 13.7. The van der Waals surface area contributed by atoms with Crippen LogP contribution in [0.25, 0.3) is 17.4 Å². The number of anilines is 1. The van der Waals surface area contributed by atoms with Crippen LogP contribution in [0.15, 0.2) is 64.6 Å². The van der Waals surface area contributed by atoms with Gasteiger partial charge >= 0.3 is 5.97 Å². The first-order valence-corrected chi connectivity index (χ1v) is 8.51. The van der Waals surface area contributed by atoms with Crippen LogP contribution in [0, 0.1) is 24.1 Å². The van der Waals surface area contributed by atoms with Crippen LogP contribution in [0.1, 0.15) is 21.7 Å². The zero-order valence-electron chi connectivity index (χ0n) is 15.3. The number of furan rings is 1. The van der Waals surface area contributed by atoms with E-state index in [0.29, 0.717) is 11.3 Å². The third-order valence-corrected chi connectivity index (χ3v) is 4.15. The van der Waals surface area contributed by atoms with Gasteiger partial charge in [-0.25, -0.2) is 9.18 Å². The number of nitrogens with zero attached hydrogens (tertiary/aromatic N) is 1. The van der Waals surface area contributed by atoms with E-state index >= 15 is 0 Å². The highest BCUT2D eigenvalue weighted by Gasteiger charge is 2.14. The Kier molecular flexibility index (Phi) is 5.56. The highest BCUT2D eigenvalue weighted by atomic mass is 19.1. The molecule has 144 valence electrons. The standard InChI is InChI=1S/C22H15FN2O4/c1-13-6-7-14(22(27)28)11-17(13)20-9-8-16(29-20)10-15(12-24)21(26)25-19-5-3-2-4-18(19)23/h2-11H,1H3,(H,25,26)(H,27,28)/b15-10-. The van der Waals surface area contributed by atoms with Crippen molar-refractivity contribution < 1.29 is 23.5 Å². The van der Waals surface area contributed by atoms with Crippen LogP contribution >= 0.6 is 0 Å². The Hall–Kier alpha value is -4.18. The number of carbonyl (C=O) groups is 2. The lowest BCUT2D eigenvalue weighted by molar-refractivity contribution is -0.112. The minimum absolute atomic E-state index is 0.0418. The van der Waals surface area contributed by atoms with Crippen molar-refractivity contribution in [3.8, 4) is 17.4 Å². The van der Waals surface area contributed by atoms with E-state index in [4.69, 9.17) is 9.52 Å². The third kappa shape index (κ3) is 4.39. The monoisotopic (exact) mass is 390 g/mol. The Morgan fingerprint density at radius 2 is 1.93 bits per heavy atom. The topological polar surface area (TPSA) is 103 Å². The maximum absolute atomic E-state index is 13.7. The van der Waals surface area contributed by atoms with Gasteiger partial charge in [0.25, 0.3) is 5.91 Å². The quantitative estimate of drug-likeness (QED) is 0.488. The summed E-state index contributed by atoms with van der Waals surface area (Å²) in [5, 5.41) is 20.8. The molecule has 0 saturated heterocycles. The first-order chi connectivity index (χ1) is 13.9. The molecule has 0 saturated carbocycles. The van der Waals surface area contributed by atoms with Crippen LogP contribution in [-0.2, 0) is 4.79 Å². The normalized spacial score (nSPS) is 11.0. The molecule has 0 atom stereocenters. The Bertz CT molecular complexity index is 1170. The smallest absolute Gasteiger partial charge is 0.335 e. The number of carboxylic acids is 1. The number of aryl methyl sites for hydroxylation is 1. The van der Waals surface area contributed by atoms with Crippen LogP contribution in [0.2, 0.25) is 0 Å². The van der Waals surface area contributed by atoms with Crippen molar-refractivity contribution in [3.05, 3.63) is 82.9 Å². The third-order valence-electron chi connectivity index (χ3n) is 4.15. The molecule has 2 N–H and O–H groups in total. The average Bonchev–Trinajstić information content (AvgIpc) is 3.16. The van der Waals surface area contributed by atoms with Gasteiger partial charge in [-0.15, -0.1) is 0 Å². The number of nitriles is 1. The predicted molar refractivity (Wildman–Crippen MR) is 104 cm³/mol. The van der Waals surface area contributed by atoms with Gasteiger partial charge in [-0.05, 0) is 48.9 Å². The van der Waals surface area contributed by atoms with Gasteiger partial charge in [0.1, 0.15) is 29.0 Å². The molecule has 3 rings (SSSR count). The SMILES string of the molecule is Cc1ccc(C(=O)O)cc1-c1ccc(/C=C(/C#N)C(=O)Nc2ccccc2F)o1. The molecule has 2 aromatic carbocycles. The fourth-order valence-electron chi connectivity index (χ4n) is 2.64. The highest BCUT2D eigenvalue weighted by Crippen LogP contribution is 2.28. The summed E-state index contributed by atoms with van der Waals surface area (Å²) in [4.78, 5) is 23.5. The summed E-state index contributed by atoms with van der Waals surface area (Å²) in [5.74, 6) is -1.84. The van der Waals surface area contributed by atoms with Crippen molar-refractivity contribution in [2.24, 2.45) is 0 Å². The molecule has 0 radical (unpaired) electrons.